The smallest absolute Gasteiger partial charge is 0.303 e. The molecular formula is C9H13BrO2. The molecule has 0 unspecified atom stereocenters. The molecular weight excluding hydrogens is 220 g/mol. The van der Waals surface area contributed by atoms with Crippen LogP contribution in [0.3, 0.4) is 0 Å². The summed E-state index contributed by atoms with van der Waals surface area (Å²) in [4.78, 5) is 10.6. The molecule has 12 heavy (non-hydrogen) atoms. The van der Waals surface area contributed by atoms with Gasteiger partial charge in [-0.3, -0.25) is 4.79 Å². The summed E-state index contributed by atoms with van der Waals surface area (Å²) in [6.45, 7) is 8.74. The standard InChI is InChI=1S/C9H13BrO2/c1-4-5-9(7(2)6-10)12-8(3)11/h4,9H,1-2,5-6H2,3H3/t9-/m0/s1. The molecule has 0 rings (SSSR count). The van der Waals surface area contributed by atoms with Crippen LogP contribution in [0.15, 0.2) is 24.8 Å². The molecule has 3 heteroatoms. The number of alkyl halides is 1. The van der Waals surface area contributed by atoms with Crippen molar-refractivity contribution in [1.29, 1.82) is 0 Å². The van der Waals surface area contributed by atoms with E-state index >= 15 is 0 Å². The van der Waals surface area contributed by atoms with Gasteiger partial charge in [0.1, 0.15) is 6.10 Å². The van der Waals surface area contributed by atoms with Gasteiger partial charge in [-0.2, -0.15) is 0 Å². The summed E-state index contributed by atoms with van der Waals surface area (Å²) in [5.74, 6) is -0.288. The van der Waals surface area contributed by atoms with Gasteiger partial charge in [-0.25, -0.2) is 0 Å². The second kappa shape index (κ2) is 6.00. The Hall–Kier alpha value is -0.570. The van der Waals surface area contributed by atoms with E-state index in [1.807, 2.05) is 0 Å². The van der Waals surface area contributed by atoms with Crippen molar-refractivity contribution in [3.63, 3.8) is 0 Å². The van der Waals surface area contributed by atoms with Crippen LogP contribution in [0.2, 0.25) is 0 Å². The van der Waals surface area contributed by atoms with E-state index in [4.69, 9.17) is 4.74 Å². The molecule has 0 aliphatic heterocycles. The summed E-state index contributed by atoms with van der Waals surface area (Å²) in [7, 11) is 0. The van der Waals surface area contributed by atoms with E-state index in [0.717, 1.165) is 5.57 Å². The van der Waals surface area contributed by atoms with E-state index in [9.17, 15) is 4.79 Å². The molecule has 0 aliphatic rings. The first kappa shape index (κ1) is 11.4. The molecule has 0 radical (unpaired) electrons. The second-order valence-corrected chi connectivity index (χ2v) is 2.98. The minimum atomic E-state index is -0.288. The number of carbonyl (C=O) groups is 1. The first-order valence-corrected chi connectivity index (χ1v) is 4.75. The van der Waals surface area contributed by atoms with Crippen LogP contribution < -0.4 is 0 Å². The maximum atomic E-state index is 10.6. The highest BCUT2D eigenvalue weighted by Gasteiger charge is 2.12. The molecule has 2 nitrogen and oxygen atoms in total. The monoisotopic (exact) mass is 232 g/mol. The lowest BCUT2D eigenvalue weighted by Gasteiger charge is -2.15. The summed E-state index contributed by atoms with van der Waals surface area (Å²) in [5, 5.41) is 0.638. The van der Waals surface area contributed by atoms with Crippen LogP contribution in [-0.2, 0) is 9.53 Å². The van der Waals surface area contributed by atoms with Crippen LogP contribution in [0.4, 0.5) is 0 Å². The molecule has 68 valence electrons. The average molecular weight is 233 g/mol. The molecule has 0 fully saturated rings. The topological polar surface area (TPSA) is 26.3 Å². The lowest BCUT2D eigenvalue weighted by atomic mass is 10.1. The Morgan fingerprint density at radius 3 is 2.67 bits per heavy atom. The number of carbonyl (C=O) groups excluding carboxylic acids is 1. The van der Waals surface area contributed by atoms with Crippen LogP contribution in [0.25, 0.3) is 0 Å². The molecule has 0 aliphatic carbocycles. The number of hydrogen-bond donors (Lipinski definition) is 0. The summed E-state index contributed by atoms with van der Waals surface area (Å²) in [5.41, 5.74) is 0.852. The summed E-state index contributed by atoms with van der Waals surface area (Å²) in [6, 6.07) is 0. The van der Waals surface area contributed by atoms with Gasteiger partial charge in [0.2, 0.25) is 0 Å². The average Bonchev–Trinajstić information content (AvgIpc) is 2.01. The van der Waals surface area contributed by atoms with E-state index in [-0.39, 0.29) is 12.1 Å². The Bertz CT molecular complexity index is 187. The van der Waals surface area contributed by atoms with Crippen molar-refractivity contribution in [2.24, 2.45) is 0 Å². The third kappa shape index (κ3) is 4.34. The molecule has 1 atom stereocenters. The Morgan fingerprint density at radius 2 is 2.33 bits per heavy atom. The van der Waals surface area contributed by atoms with Gasteiger partial charge in [0.15, 0.2) is 0 Å². The lowest BCUT2D eigenvalue weighted by Crippen LogP contribution is -2.18. The maximum Gasteiger partial charge on any atom is 0.303 e. The number of halogens is 1. The molecule has 0 aromatic rings. The summed E-state index contributed by atoms with van der Waals surface area (Å²) < 4.78 is 5.00. The highest BCUT2D eigenvalue weighted by atomic mass is 79.9. The quantitative estimate of drug-likeness (QED) is 0.414. The number of hydrogen-bond acceptors (Lipinski definition) is 2. The second-order valence-electron chi connectivity index (χ2n) is 2.41. The number of rotatable bonds is 5. The molecule has 0 saturated carbocycles. The highest BCUT2D eigenvalue weighted by Crippen LogP contribution is 2.12. The SMILES string of the molecule is C=CC[C@H](OC(C)=O)C(=C)CBr. The van der Waals surface area contributed by atoms with E-state index in [1.54, 1.807) is 6.08 Å². The Labute approximate surface area is 81.4 Å². The molecule has 0 amide bonds. The van der Waals surface area contributed by atoms with Crippen molar-refractivity contribution >= 4 is 21.9 Å². The van der Waals surface area contributed by atoms with E-state index in [0.29, 0.717) is 11.8 Å². The predicted octanol–water partition coefficient (Wildman–Crippen LogP) is 2.45. The van der Waals surface area contributed by atoms with Crippen molar-refractivity contribution in [2.45, 2.75) is 19.4 Å². The zero-order chi connectivity index (χ0) is 9.56. The van der Waals surface area contributed by atoms with Crippen molar-refractivity contribution in [2.75, 3.05) is 5.33 Å². The molecule has 0 spiro atoms. The van der Waals surface area contributed by atoms with Gasteiger partial charge in [-0.15, -0.1) is 6.58 Å². The van der Waals surface area contributed by atoms with Crippen LogP contribution in [0.1, 0.15) is 13.3 Å². The van der Waals surface area contributed by atoms with E-state index in [1.165, 1.54) is 6.92 Å². The summed E-state index contributed by atoms with van der Waals surface area (Å²) in [6.07, 6.45) is 2.09. The van der Waals surface area contributed by atoms with Gasteiger partial charge in [0.25, 0.3) is 0 Å². The molecule has 0 aromatic carbocycles. The third-order valence-corrected chi connectivity index (χ3v) is 2.04. The van der Waals surface area contributed by atoms with Gasteiger partial charge < -0.3 is 4.74 Å². The lowest BCUT2D eigenvalue weighted by molar-refractivity contribution is -0.144. The van der Waals surface area contributed by atoms with Crippen LogP contribution >= 0.6 is 15.9 Å². The molecule has 0 N–H and O–H groups in total. The van der Waals surface area contributed by atoms with Gasteiger partial charge in [0, 0.05) is 18.7 Å². The molecule has 0 heterocycles. The minimum absolute atomic E-state index is 0.237. The Kier molecular flexibility index (Phi) is 5.72. The summed E-state index contributed by atoms with van der Waals surface area (Å²) >= 11 is 3.25. The van der Waals surface area contributed by atoms with Gasteiger partial charge in [-0.05, 0) is 5.57 Å². The predicted molar refractivity (Wildman–Crippen MR) is 53.3 cm³/mol. The van der Waals surface area contributed by atoms with Crippen LogP contribution in [0, 0.1) is 0 Å². The molecule has 0 saturated heterocycles. The Balaban J connectivity index is 4.11. The zero-order valence-corrected chi connectivity index (χ0v) is 8.76. The first-order chi connectivity index (χ1) is 5.61. The van der Waals surface area contributed by atoms with Crippen LogP contribution in [-0.4, -0.2) is 17.4 Å². The van der Waals surface area contributed by atoms with E-state index in [2.05, 4.69) is 29.1 Å². The highest BCUT2D eigenvalue weighted by molar-refractivity contribution is 9.09. The van der Waals surface area contributed by atoms with Crippen molar-refractivity contribution < 1.29 is 9.53 Å². The van der Waals surface area contributed by atoms with Crippen LogP contribution in [0.5, 0.6) is 0 Å². The fourth-order valence-electron chi connectivity index (χ4n) is 0.736. The minimum Gasteiger partial charge on any atom is -0.458 e. The normalized spacial score (nSPS) is 11.8. The number of esters is 1. The Morgan fingerprint density at radius 1 is 1.75 bits per heavy atom. The largest absolute Gasteiger partial charge is 0.458 e. The maximum absolute atomic E-state index is 10.6. The first-order valence-electron chi connectivity index (χ1n) is 3.63. The van der Waals surface area contributed by atoms with Crippen molar-refractivity contribution in [3.05, 3.63) is 24.8 Å². The van der Waals surface area contributed by atoms with Gasteiger partial charge in [0.05, 0.1) is 0 Å². The number of ether oxygens (including phenoxy) is 1. The third-order valence-electron chi connectivity index (χ3n) is 1.32. The fourth-order valence-corrected chi connectivity index (χ4v) is 1.10. The van der Waals surface area contributed by atoms with Crippen molar-refractivity contribution in [3.8, 4) is 0 Å². The van der Waals surface area contributed by atoms with Gasteiger partial charge in [-0.1, -0.05) is 28.6 Å². The zero-order valence-electron chi connectivity index (χ0n) is 7.18. The van der Waals surface area contributed by atoms with Gasteiger partial charge >= 0.3 is 5.97 Å². The molecule has 0 aromatic heterocycles. The fraction of sp³-hybridized carbons (Fsp3) is 0.444. The van der Waals surface area contributed by atoms with Crippen molar-refractivity contribution in [1.82, 2.24) is 0 Å². The molecule has 0 bridgehead atoms. The van der Waals surface area contributed by atoms with E-state index < -0.39 is 0 Å².